The third-order valence-electron chi connectivity index (χ3n) is 6.88. The number of nitrogens with zero attached hydrogens (tertiary/aromatic N) is 3. The number of amides is 3. The van der Waals surface area contributed by atoms with Gasteiger partial charge in [-0.05, 0) is 61.7 Å². The van der Waals surface area contributed by atoms with Crippen molar-refractivity contribution < 1.29 is 28.8 Å². The van der Waals surface area contributed by atoms with E-state index in [0.717, 1.165) is 21.7 Å². The van der Waals surface area contributed by atoms with Crippen LogP contribution < -0.4 is 14.5 Å². The molecule has 10 nitrogen and oxygen atoms in total. The number of fused-ring (bicyclic) bond motifs is 1. The molecule has 0 aromatic heterocycles. The Bertz CT molecular complexity index is 1540. The summed E-state index contributed by atoms with van der Waals surface area (Å²) in [7, 11) is 0. The van der Waals surface area contributed by atoms with Crippen molar-refractivity contribution in [1.82, 2.24) is 0 Å². The molecule has 1 fully saturated rings. The molecule has 3 aromatic carbocycles. The molecule has 5 rings (SSSR count). The number of esters is 1. The van der Waals surface area contributed by atoms with E-state index < -0.39 is 34.3 Å². The number of imide groups is 1. The van der Waals surface area contributed by atoms with Crippen molar-refractivity contribution in [1.29, 1.82) is 0 Å². The maximum atomic E-state index is 13.0. The van der Waals surface area contributed by atoms with Crippen LogP contribution in [-0.2, 0) is 9.59 Å². The van der Waals surface area contributed by atoms with E-state index in [1.807, 2.05) is 32.0 Å². The lowest BCUT2D eigenvalue weighted by molar-refractivity contribution is -0.385. The number of ether oxygens (including phenoxy) is 1. The normalized spacial score (nSPS) is 16.7. The van der Waals surface area contributed by atoms with Crippen molar-refractivity contribution >= 4 is 40.8 Å². The fourth-order valence-corrected chi connectivity index (χ4v) is 5.09. The lowest BCUT2D eigenvalue weighted by atomic mass is 10.1. The Morgan fingerprint density at radius 3 is 2.29 bits per heavy atom. The van der Waals surface area contributed by atoms with Crippen molar-refractivity contribution in [3.05, 3.63) is 92.5 Å². The number of benzene rings is 3. The number of aryl methyl sites for hydroxylation is 3. The van der Waals surface area contributed by atoms with E-state index in [-0.39, 0.29) is 41.4 Å². The Hall–Kier alpha value is -4.86. The van der Waals surface area contributed by atoms with Crippen LogP contribution in [0.15, 0.2) is 54.6 Å². The van der Waals surface area contributed by atoms with Gasteiger partial charge in [0, 0.05) is 24.7 Å². The van der Waals surface area contributed by atoms with Crippen LogP contribution in [0.25, 0.3) is 0 Å². The number of hydrogen-bond donors (Lipinski definition) is 0. The predicted octanol–water partition coefficient (Wildman–Crippen LogP) is 4.28. The van der Waals surface area contributed by atoms with Crippen molar-refractivity contribution in [2.24, 2.45) is 5.92 Å². The van der Waals surface area contributed by atoms with E-state index in [4.69, 9.17) is 4.74 Å². The highest BCUT2D eigenvalue weighted by molar-refractivity contribution is 6.35. The Morgan fingerprint density at radius 1 is 0.947 bits per heavy atom. The number of hydrogen-bond acceptors (Lipinski definition) is 7. The summed E-state index contributed by atoms with van der Waals surface area (Å²) in [5, 5.41) is 11.4. The maximum absolute atomic E-state index is 13.0. The van der Waals surface area contributed by atoms with E-state index in [9.17, 15) is 29.3 Å². The molecule has 2 heterocycles. The molecule has 0 aliphatic carbocycles. The first-order valence-electron chi connectivity index (χ1n) is 11.9. The van der Waals surface area contributed by atoms with Gasteiger partial charge in [-0.25, -0.2) is 4.90 Å². The van der Waals surface area contributed by atoms with Gasteiger partial charge in [0.2, 0.25) is 5.91 Å². The van der Waals surface area contributed by atoms with Gasteiger partial charge < -0.3 is 9.64 Å². The molecular weight excluding hydrogens is 490 g/mol. The number of carbonyl (C=O) groups excluding carboxylic acids is 4. The summed E-state index contributed by atoms with van der Waals surface area (Å²) in [5.74, 6) is -2.64. The largest absolute Gasteiger partial charge is 0.426 e. The summed E-state index contributed by atoms with van der Waals surface area (Å²) in [5.41, 5.74) is 2.63. The molecule has 3 amide bonds. The van der Waals surface area contributed by atoms with Gasteiger partial charge in [-0.3, -0.25) is 29.3 Å². The molecule has 0 bridgehead atoms. The Labute approximate surface area is 217 Å². The van der Waals surface area contributed by atoms with Crippen LogP contribution in [0.1, 0.15) is 43.8 Å². The molecule has 0 unspecified atom stereocenters. The summed E-state index contributed by atoms with van der Waals surface area (Å²) >= 11 is 0. The highest BCUT2D eigenvalue weighted by atomic mass is 16.6. The van der Waals surface area contributed by atoms with Crippen LogP contribution >= 0.6 is 0 Å². The number of anilines is 2. The van der Waals surface area contributed by atoms with Gasteiger partial charge in [0.25, 0.3) is 17.5 Å². The zero-order valence-corrected chi connectivity index (χ0v) is 20.9. The van der Waals surface area contributed by atoms with Crippen LogP contribution in [0, 0.1) is 36.8 Å². The van der Waals surface area contributed by atoms with Gasteiger partial charge in [0.05, 0.1) is 22.1 Å². The van der Waals surface area contributed by atoms with E-state index in [2.05, 4.69) is 0 Å². The smallest absolute Gasteiger partial charge is 0.316 e. The molecule has 10 heteroatoms. The number of nitro groups is 1. The summed E-state index contributed by atoms with van der Waals surface area (Å²) in [6.07, 6.45) is 0.0253. The summed E-state index contributed by atoms with van der Waals surface area (Å²) < 4.78 is 5.56. The van der Waals surface area contributed by atoms with Crippen molar-refractivity contribution in [2.75, 3.05) is 16.3 Å². The first-order valence-corrected chi connectivity index (χ1v) is 11.9. The molecule has 38 heavy (non-hydrogen) atoms. The average molecular weight is 514 g/mol. The molecular formula is C28H23N3O7. The number of para-hydroxylation sites is 1. The van der Waals surface area contributed by atoms with Crippen LogP contribution in [-0.4, -0.2) is 35.2 Å². The summed E-state index contributed by atoms with van der Waals surface area (Å²) in [4.78, 5) is 64.8. The maximum Gasteiger partial charge on any atom is 0.316 e. The van der Waals surface area contributed by atoms with Gasteiger partial charge in [0.15, 0.2) is 0 Å². The molecule has 0 saturated carbocycles. The molecule has 0 spiro atoms. The fourth-order valence-electron chi connectivity index (χ4n) is 5.09. The Balaban J connectivity index is 1.34. The average Bonchev–Trinajstić information content (AvgIpc) is 3.37. The van der Waals surface area contributed by atoms with Crippen molar-refractivity contribution in [3.63, 3.8) is 0 Å². The number of carbonyl (C=O) groups is 4. The SMILES string of the molecule is Cc1cc(OC(=O)[C@@H]2CC(=O)N(c3c(C)cccc3C)C2)ccc1N1C(=O)c2cccc([N+](=O)[O-])c2C1=O. The van der Waals surface area contributed by atoms with E-state index >= 15 is 0 Å². The summed E-state index contributed by atoms with van der Waals surface area (Å²) in [6.45, 7) is 5.66. The van der Waals surface area contributed by atoms with Gasteiger partial charge in [-0.1, -0.05) is 24.3 Å². The molecule has 1 saturated heterocycles. The second kappa shape index (κ2) is 9.22. The van der Waals surface area contributed by atoms with Crippen molar-refractivity contribution in [3.8, 4) is 5.75 Å². The van der Waals surface area contributed by atoms with E-state index in [0.29, 0.717) is 5.56 Å². The van der Waals surface area contributed by atoms with Gasteiger partial charge in [-0.2, -0.15) is 0 Å². The third kappa shape index (κ3) is 4.00. The van der Waals surface area contributed by atoms with Gasteiger partial charge >= 0.3 is 5.97 Å². The summed E-state index contributed by atoms with van der Waals surface area (Å²) in [6, 6.07) is 14.1. The van der Waals surface area contributed by atoms with Crippen LogP contribution in [0.5, 0.6) is 5.75 Å². The van der Waals surface area contributed by atoms with E-state index in [1.54, 1.807) is 11.8 Å². The topological polar surface area (TPSA) is 127 Å². The zero-order chi connectivity index (χ0) is 27.3. The molecule has 0 N–H and O–H groups in total. The highest BCUT2D eigenvalue weighted by Gasteiger charge is 2.42. The van der Waals surface area contributed by atoms with E-state index in [1.165, 1.54) is 36.4 Å². The van der Waals surface area contributed by atoms with Crippen LogP contribution in [0.4, 0.5) is 17.1 Å². The molecule has 0 radical (unpaired) electrons. The third-order valence-corrected chi connectivity index (χ3v) is 6.88. The van der Waals surface area contributed by atoms with Crippen molar-refractivity contribution in [2.45, 2.75) is 27.2 Å². The monoisotopic (exact) mass is 513 g/mol. The number of nitro benzene ring substituents is 1. The highest BCUT2D eigenvalue weighted by Crippen LogP contribution is 2.37. The molecule has 3 aromatic rings. The van der Waals surface area contributed by atoms with Gasteiger partial charge in [0.1, 0.15) is 11.3 Å². The van der Waals surface area contributed by atoms with Crippen LogP contribution in [0.2, 0.25) is 0 Å². The molecule has 2 aliphatic rings. The molecule has 2 aliphatic heterocycles. The Morgan fingerprint density at radius 2 is 1.63 bits per heavy atom. The second-order valence-corrected chi connectivity index (χ2v) is 9.42. The molecule has 1 atom stereocenters. The lowest BCUT2D eigenvalue weighted by Crippen LogP contribution is -2.30. The number of rotatable bonds is 5. The Kier molecular flexibility index (Phi) is 6.02. The predicted molar refractivity (Wildman–Crippen MR) is 137 cm³/mol. The minimum atomic E-state index is -0.791. The first-order chi connectivity index (χ1) is 18.1. The second-order valence-electron chi connectivity index (χ2n) is 9.42. The minimum absolute atomic E-state index is 0.0253. The quantitative estimate of drug-likeness (QED) is 0.164. The molecule has 192 valence electrons. The van der Waals surface area contributed by atoms with Gasteiger partial charge in [-0.15, -0.1) is 0 Å². The lowest BCUT2D eigenvalue weighted by Gasteiger charge is -2.21. The standard InChI is InChI=1S/C28H23N3O7/c1-15-6-4-7-16(2)25(15)29-14-18(13-23(29)32)28(35)38-19-10-11-21(17(3)12-19)30-26(33)20-8-5-9-22(31(36)37)24(20)27(30)34/h4-12,18H,13-14H2,1-3H3/t18-/m1/s1. The zero-order valence-electron chi connectivity index (χ0n) is 20.9. The first kappa shape index (κ1) is 24.8. The fraction of sp³-hybridized carbons (Fsp3) is 0.214. The van der Waals surface area contributed by atoms with Crippen LogP contribution in [0.3, 0.4) is 0 Å². The minimum Gasteiger partial charge on any atom is -0.426 e.